The van der Waals surface area contributed by atoms with Crippen molar-refractivity contribution in [2.45, 2.75) is 6.04 Å². The molecule has 0 spiro atoms. The Kier molecular flexibility index (Phi) is 2.01. The second kappa shape index (κ2) is 3.19. The normalized spacial score (nSPS) is 20.4. The number of phenolic OH excluding ortho intramolecular Hbond substituents is 1. The molecule has 1 aromatic rings. The van der Waals surface area contributed by atoms with Gasteiger partial charge in [-0.3, -0.25) is 4.79 Å². The number of phenols is 1. The topological polar surface area (TPSA) is 84.6 Å². The zero-order valence-corrected chi connectivity index (χ0v) is 7.36. The van der Waals surface area contributed by atoms with E-state index < -0.39 is 6.04 Å². The Morgan fingerprint density at radius 3 is 3.14 bits per heavy atom. The highest BCUT2D eigenvalue weighted by Crippen LogP contribution is 2.30. The van der Waals surface area contributed by atoms with Gasteiger partial charge < -0.3 is 20.9 Å². The van der Waals surface area contributed by atoms with Gasteiger partial charge in [-0.25, -0.2) is 0 Å². The summed E-state index contributed by atoms with van der Waals surface area (Å²) in [4.78, 5) is 11.3. The van der Waals surface area contributed by atoms with E-state index in [1.807, 2.05) is 0 Å². The van der Waals surface area contributed by atoms with E-state index in [9.17, 15) is 9.90 Å². The smallest absolute Gasteiger partial charge is 0.244 e. The number of carbonyl (C=O) groups excluding carboxylic acids is 1. The van der Waals surface area contributed by atoms with Gasteiger partial charge in [-0.1, -0.05) is 0 Å². The number of nitrogens with one attached hydrogen (secondary N) is 1. The quantitative estimate of drug-likeness (QED) is 0.509. The number of nitrogens with two attached hydrogens (primary N) is 1. The van der Waals surface area contributed by atoms with Crippen LogP contribution in [0.5, 0.6) is 11.5 Å². The molecule has 0 fully saturated rings. The number of carbonyl (C=O) groups is 1. The van der Waals surface area contributed by atoms with Gasteiger partial charge in [0.15, 0.2) is 0 Å². The lowest BCUT2D eigenvalue weighted by atomic mass is 10.2. The van der Waals surface area contributed by atoms with Crippen molar-refractivity contribution < 1.29 is 14.6 Å². The molecule has 0 radical (unpaired) electrons. The Morgan fingerprint density at radius 1 is 1.57 bits per heavy atom. The Morgan fingerprint density at radius 2 is 2.36 bits per heavy atom. The van der Waals surface area contributed by atoms with E-state index in [1.165, 1.54) is 12.1 Å². The molecule has 1 atom stereocenters. The third-order valence-electron chi connectivity index (χ3n) is 1.98. The molecule has 0 aliphatic carbocycles. The summed E-state index contributed by atoms with van der Waals surface area (Å²) in [5, 5.41) is 11.8. The molecule has 1 aromatic carbocycles. The molecule has 2 rings (SSSR count). The Balaban J connectivity index is 2.37. The molecular formula is C9H10N2O3. The first-order valence-corrected chi connectivity index (χ1v) is 4.19. The number of benzene rings is 1. The van der Waals surface area contributed by atoms with Crippen molar-refractivity contribution in [3.8, 4) is 11.5 Å². The lowest BCUT2D eigenvalue weighted by molar-refractivity contribution is -0.117. The van der Waals surface area contributed by atoms with Gasteiger partial charge in [0.2, 0.25) is 5.91 Å². The first kappa shape index (κ1) is 8.83. The maximum Gasteiger partial charge on any atom is 0.244 e. The van der Waals surface area contributed by atoms with Crippen LogP contribution in [0.25, 0.3) is 0 Å². The molecule has 5 nitrogen and oxygen atoms in total. The second-order valence-electron chi connectivity index (χ2n) is 3.09. The maximum absolute atomic E-state index is 11.3. The van der Waals surface area contributed by atoms with Crippen molar-refractivity contribution in [1.29, 1.82) is 0 Å². The molecule has 1 amide bonds. The number of ether oxygens (including phenoxy) is 1. The van der Waals surface area contributed by atoms with Crippen LogP contribution in [0.1, 0.15) is 0 Å². The van der Waals surface area contributed by atoms with Crippen LogP contribution >= 0.6 is 0 Å². The maximum atomic E-state index is 11.3. The van der Waals surface area contributed by atoms with Gasteiger partial charge >= 0.3 is 0 Å². The molecular weight excluding hydrogens is 184 g/mol. The number of hydrogen-bond acceptors (Lipinski definition) is 4. The number of hydrogen-bond donors (Lipinski definition) is 3. The molecule has 14 heavy (non-hydrogen) atoms. The summed E-state index contributed by atoms with van der Waals surface area (Å²) in [5.41, 5.74) is 6.02. The van der Waals surface area contributed by atoms with Crippen molar-refractivity contribution in [1.82, 2.24) is 0 Å². The highest BCUT2D eigenvalue weighted by molar-refractivity contribution is 5.96. The molecule has 0 aromatic heterocycles. The van der Waals surface area contributed by atoms with Gasteiger partial charge in [0.05, 0.1) is 5.69 Å². The highest BCUT2D eigenvalue weighted by Gasteiger charge is 2.20. The summed E-state index contributed by atoms with van der Waals surface area (Å²) in [6.07, 6.45) is 0. The number of aromatic hydroxyl groups is 1. The molecule has 0 saturated carbocycles. The summed E-state index contributed by atoms with van der Waals surface area (Å²) < 4.78 is 5.24. The molecule has 0 bridgehead atoms. The van der Waals surface area contributed by atoms with Crippen LogP contribution in [-0.4, -0.2) is 23.7 Å². The fraction of sp³-hybridized carbons (Fsp3) is 0.222. The highest BCUT2D eigenvalue weighted by atomic mass is 16.5. The minimum Gasteiger partial charge on any atom is -0.508 e. The third-order valence-corrected chi connectivity index (χ3v) is 1.98. The van der Waals surface area contributed by atoms with Crippen LogP contribution in [-0.2, 0) is 4.79 Å². The number of rotatable bonds is 0. The van der Waals surface area contributed by atoms with Crippen molar-refractivity contribution in [3.05, 3.63) is 18.2 Å². The fourth-order valence-corrected chi connectivity index (χ4v) is 1.21. The average molecular weight is 194 g/mol. The van der Waals surface area contributed by atoms with E-state index in [0.29, 0.717) is 11.4 Å². The van der Waals surface area contributed by atoms with Crippen molar-refractivity contribution in [2.24, 2.45) is 5.73 Å². The Labute approximate surface area is 80.5 Å². The van der Waals surface area contributed by atoms with Crippen molar-refractivity contribution in [3.63, 3.8) is 0 Å². The van der Waals surface area contributed by atoms with E-state index in [4.69, 9.17) is 10.5 Å². The van der Waals surface area contributed by atoms with Crippen molar-refractivity contribution in [2.75, 3.05) is 11.9 Å². The molecule has 1 aliphatic heterocycles. The molecule has 0 unspecified atom stereocenters. The van der Waals surface area contributed by atoms with Crippen LogP contribution in [0.3, 0.4) is 0 Å². The predicted molar refractivity (Wildman–Crippen MR) is 50.2 cm³/mol. The molecule has 5 heteroatoms. The van der Waals surface area contributed by atoms with E-state index in [-0.39, 0.29) is 18.3 Å². The summed E-state index contributed by atoms with van der Waals surface area (Å²) in [6.45, 7) is 0.113. The van der Waals surface area contributed by atoms with Gasteiger partial charge in [0.25, 0.3) is 0 Å². The lowest BCUT2D eigenvalue weighted by Crippen LogP contribution is -2.38. The predicted octanol–water partition coefficient (Wildman–Crippen LogP) is 0.0504. The minimum atomic E-state index is -0.676. The minimum absolute atomic E-state index is 0.0912. The standard InChI is InChI=1S/C9H10N2O3/c10-6-4-14-8-3-5(12)1-2-7(8)11-9(6)13/h1-3,6,12H,4,10H2,(H,11,13)/t6-/m0/s1. The van der Waals surface area contributed by atoms with Gasteiger partial charge in [-0.2, -0.15) is 0 Å². The lowest BCUT2D eigenvalue weighted by Gasteiger charge is -2.06. The van der Waals surface area contributed by atoms with E-state index in [0.717, 1.165) is 0 Å². The van der Waals surface area contributed by atoms with Crippen LogP contribution in [0.15, 0.2) is 18.2 Å². The molecule has 1 heterocycles. The zero-order valence-electron chi connectivity index (χ0n) is 7.36. The Bertz CT molecular complexity index is 378. The summed E-state index contributed by atoms with van der Waals surface area (Å²) in [6, 6.07) is 3.80. The molecule has 0 saturated heterocycles. The van der Waals surface area contributed by atoms with Gasteiger partial charge in [0, 0.05) is 6.07 Å². The first-order chi connectivity index (χ1) is 6.66. The summed E-state index contributed by atoms with van der Waals surface area (Å²) in [7, 11) is 0. The van der Waals surface area contributed by atoms with Gasteiger partial charge in [-0.05, 0) is 12.1 Å². The van der Waals surface area contributed by atoms with Crippen molar-refractivity contribution >= 4 is 11.6 Å². The SMILES string of the molecule is N[C@H]1COc2cc(O)ccc2NC1=O. The van der Waals surface area contributed by atoms with E-state index >= 15 is 0 Å². The molecule has 4 N–H and O–H groups in total. The monoisotopic (exact) mass is 194 g/mol. The summed E-state index contributed by atoms with van der Waals surface area (Å²) >= 11 is 0. The van der Waals surface area contributed by atoms with Gasteiger partial charge in [-0.15, -0.1) is 0 Å². The zero-order chi connectivity index (χ0) is 10.1. The van der Waals surface area contributed by atoms with E-state index in [2.05, 4.69) is 5.32 Å². The molecule has 74 valence electrons. The largest absolute Gasteiger partial charge is 0.508 e. The van der Waals surface area contributed by atoms with Crippen LogP contribution in [0.4, 0.5) is 5.69 Å². The van der Waals surface area contributed by atoms with Crippen LogP contribution in [0.2, 0.25) is 0 Å². The second-order valence-corrected chi connectivity index (χ2v) is 3.09. The van der Waals surface area contributed by atoms with Gasteiger partial charge in [0.1, 0.15) is 24.1 Å². The number of fused-ring (bicyclic) bond motifs is 1. The van der Waals surface area contributed by atoms with E-state index in [1.54, 1.807) is 6.07 Å². The number of anilines is 1. The molecule has 1 aliphatic rings. The first-order valence-electron chi connectivity index (χ1n) is 4.19. The third kappa shape index (κ3) is 1.49. The van der Waals surface area contributed by atoms with Crippen LogP contribution in [0, 0.1) is 0 Å². The average Bonchev–Trinajstić information content (AvgIpc) is 2.29. The van der Waals surface area contributed by atoms with Crippen LogP contribution < -0.4 is 15.8 Å². The summed E-state index contributed by atoms with van der Waals surface area (Å²) in [5.74, 6) is 0.245. The fourth-order valence-electron chi connectivity index (χ4n) is 1.21. The number of amides is 1. The Hall–Kier alpha value is -1.75.